The number of phenolic OH excluding ortho intramolecular Hbond substituents is 1. The molecule has 11 heteroatoms. The molecule has 0 spiro atoms. The molecule has 0 saturated carbocycles. The summed E-state index contributed by atoms with van der Waals surface area (Å²) in [7, 11) is 0. The van der Waals surface area contributed by atoms with Gasteiger partial charge in [0.1, 0.15) is 11.4 Å². The molecule has 0 unspecified atom stereocenters. The van der Waals surface area contributed by atoms with E-state index in [4.69, 9.17) is 17.3 Å². The fourth-order valence-corrected chi connectivity index (χ4v) is 2.46. The van der Waals surface area contributed by atoms with E-state index in [-0.39, 0.29) is 17.2 Å². The van der Waals surface area contributed by atoms with Crippen LogP contribution in [0.3, 0.4) is 0 Å². The number of anilines is 2. The summed E-state index contributed by atoms with van der Waals surface area (Å²) in [4.78, 5) is 26.1. The Labute approximate surface area is 162 Å². The van der Waals surface area contributed by atoms with Gasteiger partial charge in [0.2, 0.25) is 0 Å². The molecule has 3 aromatic rings. The SMILES string of the molecule is NC(=O)c1c(N=Cc2ccc(O)c([N+](=O)[O-])c2)n[nH]c1Nc1ccc(Cl)cc1. The van der Waals surface area contributed by atoms with Crippen molar-refractivity contribution in [1.82, 2.24) is 10.2 Å². The first-order chi connectivity index (χ1) is 13.3. The first-order valence-corrected chi connectivity index (χ1v) is 8.15. The molecule has 0 aliphatic carbocycles. The molecule has 0 saturated heterocycles. The number of nitrogens with two attached hydrogens (primary N) is 1. The van der Waals surface area contributed by atoms with Gasteiger partial charge in [-0.05, 0) is 42.0 Å². The lowest BCUT2D eigenvalue weighted by atomic mass is 10.2. The highest BCUT2D eigenvalue weighted by atomic mass is 35.5. The minimum Gasteiger partial charge on any atom is -0.502 e. The number of hydrogen-bond donors (Lipinski definition) is 4. The third-order valence-electron chi connectivity index (χ3n) is 3.64. The Kier molecular flexibility index (Phi) is 5.23. The lowest BCUT2D eigenvalue weighted by Gasteiger charge is -2.05. The Hall–Kier alpha value is -3.92. The average molecular weight is 401 g/mol. The second kappa shape index (κ2) is 7.76. The van der Waals surface area contributed by atoms with Crippen LogP contribution in [0.5, 0.6) is 5.75 Å². The van der Waals surface area contributed by atoms with E-state index in [1.807, 2.05) is 0 Å². The number of halogens is 1. The Morgan fingerprint density at radius 1 is 1.32 bits per heavy atom. The van der Waals surface area contributed by atoms with Crippen LogP contribution < -0.4 is 11.1 Å². The number of aromatic amines is 1. The zero-order valence-electron chi connectivity index (χ0n) is 14.1. The molecule has 0 aliphatic rings. The van der Waals surface area contributed by atoms with Crippen molar-refractivity contribution in [3.05, 3.63) is 68.7 Å². The van der Waals surface area contributed by atoms with Crippen LogP contribution in [0, 0.1) is 10.1 Å². The molecule has 0 aliphatic heterocycles. The van der Waals surface area contributed by atoms with Gasteiger partial charge in [-0.1, -0.05) is 11.6 Å². The summed E-state index contributed by atoms with van der Waals surface area (Å²) in [5, 5.41) is 30.5. The lowest BCUT2D eigenvalue weighted by Crippen LogP contribution is -2.12. The standard InChI is InChI=1S/C17H13ClN6O4/c18-10-2-4-11(5-3-10)21-17-14(15(19)26)16(22-23-17)20-8-9-1-6-13(25)12(7-9)24(27)28/h1-8,25H,(H2,19,26)(H2,21,22,23). The molecule has 1 aromatic heterocycles. The first kappa shape index (κ1) is 18.9. The largest absolute Gasteiger partial charge is 0.502 e. The second-order valence-electron chi connectivity index (χ2n) is 5.56. The van der Waals surface area contributed by atoms with E-state index in [0.717, 1.165) is 6.07 Å². The molecule has 0 atom stereocenters. The fourth-order valence-electron chi connectivity index (χ4n) is 2.33. The Balaban J connectivity index is 1.90. The average Bonchev–Trinajstić information content (AvgIpc) is 3.05. The number of rotatable bonds is 6. The third kappa shape index (κ3) is 4.07. The van der Waals surface area contributed by atoms with Crippen LogP contribution in [0.2, 0.25) is 5.02 Å². The number of nitro groups is 1. The van der Waals surface area contributed by atoms with Crippen molar-refractivity contribution in [2.75, 3.05) is 5.32 Å². The molecule has 3 rings (SSSR count). The Morgan fingerprint density at radius 3 is 2.68 bits per heavy atom. The third-order valence-corrected chi connectivity index (χ3v) is 3.89. The van der Waals surface area contributed by atoms with Crippen molar-refractivity contribution in [2.24, 2.45) is 10.7 Å². The van der Waals surface area contributed by atoms with Crippen molar-refractivity contribution >= 4 is 46.7 Å². The van der Waals surface area contributed by atoms with E-state index >= 15 is 0 Å². The van der Waals surface area contributed by atoms with Crippen LogP contribution in [0.1, 0.15) is 15.9 Å². The van der Waals surface area contributed by atoms with E-state index in [1.165, 1.54) is 18.3 Å². The van der Waals surface area contributed by atoms with Crippen molar-refractivity contribution in [3.8, 4) is 5.75 Å². The summed E-state index contributed by atoms with van der Waals surface area (Å²) in [6, 6.07) is 10.5. The minimum atomic E-state index is -0.769. The van der Waals surface area contributed by atoms with Crippen molar-refractivity contribution in [3.63, 3.8) is 0 Å². The Morgan fingerprint density at radius 2 is 2.04 bits per heavy atom. The summed E-state index contributed by atoms with van der Waals surface area (Å²) in [5.41, 5.74) is 5.95. The number of amides is 1. The number of aromatic hydroxyl groups is 1. The number of benzene rings is 2. The van der Waals surface area contributed by atoms with Crippen molar-refractivity contribution in [2.45, 2.75) is 0 Å². The number of nitro benzene ring substituents is 1. The number of aliphatic imine (C=N–C) groups is 1. The molecule has 0 bridgehead atoms. The molecule has 0 radical (unpaired) electrons. The van der Waals surface area contributed by atoms with Gasteiger partial charge in [-0.25, -0.2) is 4.99 Å². The molecule has 2 aromatic carbocycles. The van der Waals surface area contributed by atoms with Crippen LogP contribution in [-0.4, -0.2) is 32.3 Å². The van der Waals surface area contributed by atoms with Gasteiger partial charge in [0.25, 0.3) is 5.91 Å². The molecular weight excluding hydrogens is 388 g/mol. The van der Waals surface area contributed by atoms with Crippen LogP contribution in [0.4, 0.5) is 23.0 Å². The van der Waals surface area contributed by atoms with Crippen LogP contribution in [-0.2, 0) is 0 Å². The quantitative estimate of drug-likeness (QED) is 0.282. The Bertz CT molecular complexity index is 1080. The number of carbonyl (C=O) groups excluding carboxylic acids is 1. The number of phenols is 1. The highest BCUT2D eigenvalue weighted by Crippen LogP contribution is 2.28. The van der Waals surface area contributed by atoms with E-state index in [0.29, 0.717) is 16.3 Å². The molecule has 0 fully saturated rings. The molecule has 28 heavy (non-hydrogen) atoms. The van der Waals surface area contributed by atoms with Gasteiger partial charge in [0, 0.05) is 23.0 Å². The smallest absolute Gasteiger partial charge is 0.311 e. The number of aromatic nitrogens is 2. The lowest BCUT2D eigenvalue weighted by molar-refractivity contribution is -0.385. The number of carbonyl (C=O) groups is 1. The number of nitrogens with zero attached hydrogens (tertiary/aromatic N) is 3. The number of primary amides is 1. The molecule has 5 N–H and O–H groups in total. The minimum absolute atomic E-state index is 0.000286. The van der Waals surface area contributed by atoms with E-state index in [1.54, 1.807) is 24.3 Å². The molecule has 142 valence electrons. The van der Waals surface area contributed by atoms with E-state index < -0.39 is 22.3 Å². The second-order valence-corrected chi connectivity index (χ2v) is 5.99. The summed E-state index contributed by atoms with van der Waals surface area (Å²) >= 11 is 5.84. The monoisotopic (exact) mass is 400 g/mol. The maximum Gasteiger partial charge on any atom is 0.311 e. The summed E-state index contributed by atoms with van der Waals surface area (Å²) in [6.07, 6.45) is 1.27. The van der Waals surface area contributed by atoms with Crippen LogP contribution in [0.25, 0.3) is 0 Å². The molecule has 1 amide bonds. The number of hydrogen-bond acceptors (Lipinski definition) is 7. The maximum absolute atomic E-state index is 11.9. The van der Waals surface area contributed by atoms with Gasteiger partial charge < -0.3 is 16.2 Å². The number of nitrogens with one attached hydrogen (secondary N) is 2. The highest BCUT2D eigenvalue weighted by Gasteiger charge is 2.18. The molecule has 10 nitrogen and oxygen atoms in total. The van der Waals surface area contributed by atoms with Crippen molar-refractivity contribution < 1.29 is 14.8 Å². The molecular formula is C17H13ClN6O4. The zero-order valence-corrected chi connectivity index (χ0v) is 14.8. The summed E-state index contributed by atoms with van der Waals surface area (Å²) in [5.74, 6) is -0.999. The maximum atomic E-state index is 11.9. The van der Waals surface area contributed by atoms with Crippen molar-refractivity contribution in [1.29, 1.82) is 0 Å². The van der Waals surface area contributed by atoms with Crippen LogP contribution in [0.15, 0.2) is 47.5 Å². The van der Waals surface area contributed by atoms with E-state index in [9.17, 15) is 20.0 Å². The predicted molar refractivity (Wildman–Crippen MR) is 104 cm³/mol. The van der Waals surface area contributed by atoms with Gasteiger partial charge in [0.15, 0.2) is 11.6 Å². The predicted octanol–water partition coefficient (Wildman–Crippen LogP) is 3.27. The van der Waals surface area contributed by atoms with Crippen LogP contribution >= 0.6 is 11.6 Å². The fraction of sp³-hybridized carbons (Fsp3) is 0. The van der Waals surface area contributed by atoms with Gasteiger partial charge in [-0.15, -0.1) is 0 Å². The highest BCUT2D eigenvalue weighted by molar-refractivity contribution is 6.30. The zero-order chi connectivity index (χ0) is 20.3. The van der Waals surface area contributed by atoms with Gasteiger partial charge >= 0.3 is 5.69 Å². The normalized spacial score (nSPS) is 10.9. The first-order valence-electron chi connectivity index (χ1n) is 7.77. The van der Waals surface area contributed by atoms with Gasteiger partial charge in [-0.2, -0.15) is 5.10 Å². The molecule has 1 heterocycles. The summed E-state index contributed by atoms with van der Waals surface area (Å²) < 4.78 is 0. The van der Waals surface area contributed by atoms with Gasteiger partial charge in [-0.3, -0.25) is 20.0 Å². The van der Waals surface area contributed by atoms with E-state index in [2.05, 4.69) is 20.5 Å². The van der Waals surface area contributed by atoms with Gasteiger partial charge in [0.05, 0.1) is 4.92 Å². The number of H-pyrrole nitrogens is 1. The topological polar surface area (TPSA) is 160 Å². The summed E-state index contributed by atoms with van der Waals surface area (Å²) in [6.45, 7) is 0.